The van der Waals surface area contributed by atoms with Crippen LogP contribution in [0.4, 0.5) is 0 Å². The first-order valence-electron chi connectivity index (χ1n) is 5.95. The zero-order valence-corrected chi connectivity index (χ0v) is 13.5. The van der Waals surface area contributed by atoms with E-state index in [0.29, 0.717) is 17.1 Å². The van der Waals surface area contributed by atoms with Gasteiger partial charge in [-0.3, -0.25) is 9.48 Å². The minimum atomic E-state index is -3.90. The van der Waals surface area contributed by atoms with E-state index in [1.807, 2.05) is 6.26 Å². The number of aromatic nitrogens is 2. The lowest BCUT2D eigenvalue weighted by Gasteiger charge is -2.14. The molecule has 0 unspecified atom stereocenters. The Morgan fingerprint density at radius 3 is 2.50 bits per heavy atom. The first kappa shape index (κ1) is 17.0. The van der Waals surface area contributed by atoms with Crippen molar-refractivity contribution in [3.63, 3.8) is 0 Å². The summed E-state index contributed by atoms with van der Waals surface area (Å²) in [6, 6.07) is -1.13. The van der Waals surface area contributed by atoms with Gasteiger partial charge in [0.1, 0.15) is 10.9 Å². The van der Waals surface area contributed by atoms with E-state index in [9.17, 15) is 13.2 Å². The van der Waals surface area contributed by atoms with Gasteiger partial charge in [-0.25, -0.2) is 8.42 Å². The van der Waals surface area contributed by atoms with Crippen LogP contribution >= 0.6 is 11.8 Å². The van der Waals surface area contributed by atoms with Crippen molar-refractivity contribution in [2.45, 2.75) is 31.2 Å². The Hall–Kier alpha value is -1.06. The minimum Gasteiger partial charge on any atom is -0.480 e. The summed E-state index contributed by atoms with van der Waals surface area (Å²) in [6.07, 6.45) is 2.07. The number of carbonyl (C=O) groups is 1. The first-order chi connectivity index (χ1) is 9.20. The number of aryl methyl sites for hydroxylation is 2. The number of thioether (sulfide) groups is 1. The normalized spacial score (nSPS) is 13.4. The Labute approximate surface area is 122 Å². The molecule has 114 valence electrons. The molecule has 0 bridgehead atoms. The highest BCUT2D eigenvalue weighted by molar-refractivity contribution is 7.98. The Kier molecular flexibility index (Phi) is 5.60. The summed E-state index contributed by atoms with van der Waals surface area (Å²) >= 11 is 1.46. The standard InChI is InChI=1S/C11H19N3O4S2/c1-7-10(8(2)14(3)12-7)20(17,18)13-9(11(15)16)5-6-19-4/h9,13H,5-6H2,1-4H3,(H,15,16)/t9-/m1/s1. The molecule has 20 heavy (non-hydrogen) atoms. The van der Waals surface area contributed by atoms with E-state index in [1.54, 1.807) is 20.9 Å². The number of nitrogens with one attached hydrogen (secondary N) is 1. The number of rotatable bonds is 7. The van der Waals surface area contributed by atoms with Gasteiger partial charge in [0.05, 0.1) is 11.4 Å². The maximum absolute atomic E-state index is 12.3. The van der Waals surface area contributed by atoms with E-state index in [4.69, 9.17) is 5.11 Å². The molecule has 0 aliphatic heterocycles. The molecule has 0 spiro atoms. The SMILES string of the molecule is CSCC[C@@H](NS(=O)(=O)c1c(C)nn(C)c1C)C(=O)O. The number of sulfonamides is 1. The first-order valence-corrected chi connectivity index (χ1v) is 8.82. The fourth-order valence-corrected chi connectivity index (χ4v) is 3.99. The van der Waals surface area contributed by atoms with E-state index in [2.05, 4.69) is 9.82 Å². The minimum absolute atomic E-state index is 0.0513. The van der Waals surface area contributed by atoms with Gasteiger partial charge in [0.2, 0.25) is 10.0 Å². The number of carboxylic acid groups (broad SMARTS) is 1. The second kappa shape index (κ2) is 6.59. The van der Waals surface area contributed by atoms with Crippen molar-refractivity contribution in [1.29, 1.82) is 0 Å². The summed E-state index contributed by atoms with van der Waals surface area (Å²) in [5.41, 5.74) is 0.829. The molecule has 0 saturated carbocycles. The van der Waals surface area contributed by atoms with Crippen molar-refractivity contribution >= 4 is 27.8 Å². The van der Waals surface area contributed by atoms with Crippen molar-refractivity contribution in [2.24, 2.45) is 7.05 Å². The molecular weight excluding hydrogens is 302 g/mol. The Bertz CT molecular complexity index is 595. The van der Waals surface area contributed by atoms with Gasteiger partial charge in [-0.15, -0.1) is 0 Å². The summed E-state index contributed by atoms with van der Waals surface area (Å²) in [4.78, 5) is 11.2. The third-order valence-electron chi connectivity index (χ3n) is 2.92. The molecule has 1 rings (SSSR count). The average molecular weight is 321 g/mol. The molecule has 1 aromatic heterocycles. The van der Waals surface area contributed by atoms with Gasteiger partial charge in [-0.05, 0) is 32.3 Å². The van der Waals surface area contributed by atoms with Gasteiger partial charge in [0, 0.05) is 7.05 Å². The highest BCUT2D eigenvalue weighted by Gasteiger charge is 2.29. The molecule has 2 N–H and O–H groups in total. The fraction of sp³-hybridized carbons (Fsp3) is 0.636. The van der Waals surface area contributed by atoms with Crippen LogP contribution in [0.15, 0.2) is 4.90 Å². The number of aliphatic carboxylic acids is 1. The third-order valence-corrected chi connectivity index (χ3v) is 5.28. The molecule has 0 aliphatic rings. The third kappa shape index (κ3) is 3.74. The van der Waals surface area contributed by atoms with Crippen LogP contribution < -0.4 is 4.72 Å². The summed E-state index contributed by atoms with van der Waals surface area (Å²) in [5.74, 6) is -0.619. The largest absolute Gasteiger partial charge is 0.480 e. The van der Waals surface area contributed by atoms with E-state index in [1.165, 1.54) is 16.4 Å². The van der Waals surface area contributed by atoms with Gasteiger partial charge < -0.3 is 5.11 Å². The Balaban J connectivity index is 3.07. The molecule has 9 heteroatoms. The van der Waals surface area contributed by atoms with Gasteiger partial charge in [0.15, 0.2) is 0 Å². The van der Waals surface area contributed by atoms with Crippen LogP contribution in [0.25, 0.3) is 0 Å². The average Bonchev–Trinajstić information content (AvgIpc) is 2.58. The monoisotopic (exact) mass is 321 g/mol. The molecule has 0 aliphatic carbocycles. The van der Waals surface area contributed by atoms with Crippen molar-refractivity contribution < 1.29 is 18.3 Å². The van der Waals surface area contributed by atoms with Crippen molar-refractivity contribution in [3.8, 4) is 0 Å². The van der Waals surface area contributed by atoms with Crippen LogP contribution in [-0.4, -0.2) is 47.3 Å². The maximum Gasteiger partial charge on any atom is 0.321 e. The number of carboxylic acids is 1. The van der Waals surface area contributed by atoms with Crippen LogP contribution in [0.3, 0.4) is 0 Å². The second-order valence-corrected chi connectivity index (χ2v) is 7.05. The highest BCUT2D eigenvalue weighted by atomic mass is 32.2. The van der Waals surface area contributed by atoms with Crippen LogP contribution in [0.5, 0.6) is 0 Å². The lowest BCUT2D eigenvalue weighted by atomic mass is 10.2. The number of hydrogen-bond acceptors (Lipinski definition) is 5. The van der Waals surface area contributed by atoms with Gasteiger partial charge in [0.25, 0.3) is 0 Å². The van der Waals surface area contributed by atoms with E-state index < -0.39 is 22.0 Å². The Morgan fingerprint density at radius 2 is 2.10 bits per heavy atom. The molecule has 0 radical (unpaired) electrons. The predicted molar refractivity (Wildman–Crippen MR) is 77.4 cm³/mol. The second-order valence-electron chi connectivity index (χ2n) is 4.42. The molecule has 1 aromatic rings. The predicted octanol–water partition coefficient (Wildman–Crippen LogP) is 0.522. The van der Waals surface area contributed by atoms with Crippen LogP contribution in [0, 0.1) is 13.8 Å². The lowest BCUT2D eigenvalue weighted by molar-refractivity contribution is -0.139. The molecule has 1 atom stereocenters. The fourth-order valence-electron chi connectivity index (χ4n) is 1.86. The molecule has 0 fully saturated rings. The van der Waals surface area contributed by atoms with Crippen molar-refractivity contribution in [2.75, 3.05) is 12.0 Å². The van der Waals surface area contributed by atoms with Crippen LogP contribution in [0.2, 0.25) is 0 Å². The van der Waals surface area contributed by atoms with Gasteiger partial charge in [-0.1, -0.05) is 0 Å². The van der Waals surface area contributed by atoms with E-state index >= 15 is 0 Å². The van der Waals surface area contributed by atoms with Crippen LogP contribution in [0.1, 0.15) is 17.8 Å². The topological polar surface area (TPSA) is 101 Å². The zero-order chi connectivity index (χ0) is 15.5. The molecule has 0 saturated heterocycles. The summed E-state index contributed by atoms with van der Waals surface area (Å²) in [6.45, 7) is 3.21. The number of hydrogen-bond donors (Lipinski definition) is 2. The van der Waals surface area contributed by atoms with Gasteiger partial charge in [-0.2, -0.15) is 21.6 Å². The van der Waals surface area contributed by atoms with Gasteiger partial charge >= 0.3 is 5.97 Å². The van der Waals surface area contributed by atoms with E-state index in [-0.39, 0.29) is 11.3 Å². The van der Waals surface area contributed by atoms with E-state index in [0.717, 1.165) is 0 Å². The Morgan fingerprint density at radius 1 is 1.50 bits per heavy atom. The number of nitrogens with zero attached hydrogens (tertiary/aromatic N) is 2. The summed E-state index contributed by atoms with van der Waals surface area (Å²) in [7, 11) is -2.26. The van der Waals surface area contributed by atoms with Crippen molar-refractivity contribution in [1.82, 2.24) is 14.5 Å². The summed E-state index contributed by atoms with van der Waals surface area (Å²) in [5, 5.41) is 13.1. The molecule has 0 aromatic carbocycles. The lowest BCUT2D eigenvalue weighted by Crippen LogP contribution is -2.41. The quantitative estimate of drug-likeness (QED) is 0.759. The smallest absolute Gasteiger partial charge is 0.321 e. The maximum atomic E-state index is 12.3. The molecule has 7 nitrogen and oxygen atoms in total. The zero-order valence-electron chi connectivity index (χ0n) is 11.9. The van der Waals surface area contributed by atoms with Crippen LogP contribution in [-0.2, 0) is 21.9 Å². The summed E-state index contributed by atoms with van der Waals surface area (Å²) < 4.78 is 28.4. The molecule has 0 amide bonds. The molecule has 1 heterocycles. The highest BCUT2D eigenvalue weighted by Crippen LogP contribution is 2.19. The molecular formula is C11H19N3O4S2. The van der Waals surface area contributed by atoms with Crippen molar-refractivity contribution in [3.05, 3.63) is 11.4 Å².